The lowest BCUT2D eigenvalue weighted by Crippen LogP contribution is -2.58. The number of Topliss-reactive ketones (excluding diaryl/α,β-unsaturated/α-hetero) is 1. The summed E-state index contributed by atoms with van der Waals surface area (Å²) < 4.78 is 0. The van der Waals surface area contributed by atoms with E-state index in [0.29, 0.717) is 11.7 Å². The highest BCUT2D eigenvalue weighted by Gasteiger charge is 2.60. The van der Waals surface area contributed by atoms with Gasteiger partial charge in [-0.05, 0) is 35.2 Å². The Morgan fingerprint density at radius 2 is 1.90 bits per heavy atom. The summed E-state index contributed by atoms with van der Waals surface area (Å²) in [6.45, 7) is 7.81. The summed E-state index contributed by atoms with van der Waals surface area (Å²) in [5.41, 5.74) is 1.61. The molecule has 0 spiro atoms. The first-order valence-electron chi connectivity index (χ1n) is 7.75. The maximum absolute atomic E-state index is 12.5. The third kappa shape index (κ3) is 1.93. The summed E-state index contributed by atoms with van der Waals surface area (Å²) in [5, 5.41) is 3.56. The molecule has 2 bridgehead atoms. The zero-order valence-electron chi connectivity index (χ0n) is 12.8. The molecule has 1 aromatic rings. The van der Waals surface area contributed by atoms with E-state index < -0.39 is 0 Å². The van der Waals surface area contributed by atoms with Crippen LogP contribution in [-0.2, 0) is 11.3 Å². The molecule has 1 N–H and O–H groups in total. The average Bonchev–Trinajstić information content (AvgIpc) is 2.57. The zero-order valence-corrected chi connectivity index (χ0v) is 12.8. The molecule has 2 aliphatic rings. The predicted molar refractivity (Wildman–Crippen MR) is 81.3 cm³/mol. The van der Waals surface area contributed by atoms with Crippen LogP contribution in [0.5, 0.6) is 0 Å². The van der Waals surface area contributed by atoms with Crippen molar-refractivity contribution in [3.63, 3.8) is 0 Å². The molecule has 0 aliphatic heterocycles. The van der Waals surface area contributed by atoms with E-state index in [4.69, 9.17) is 0 Å². The lowest BCUT2D eigenvalue weighted by molar-refractivity contribution is -0.133. The number of nitrogens with one attached hydrogen (secondary N) is 1. The number of carbonyl (C=O) groups is 1. The van der Waals surface area contributed by atoms with Crippen LogP contribution in [0.1, 0.15) is 45.6 Å². The van der Waals surface area contributed by atoms with E-state index in [9.17, 15) is 4.79 Å². The van der Waals surface area contributed by atoms with E-state index in [-0.39, 0.29) is 16.9 Å². The smallest absolute Gasteiger partial charge is 0.150 e. The Bertz CT molecular complexity index is 507. The van der Waals surface area contributed by atoms with Crippen molar-refractivity contribution in [3.05, 3.63) is 35.9 Å². The van der Waals surface area contributed by atoms with Crippen LogP contribution in [0.2, 0.25) is 0 Å². The van der Waals surface area contributed by atoms with Gasteiger partial charge in [0.05, 0.1) is 6.04 Å². The van der Waals surface area contributed by atoms with Crippen molar-refractivity contribution in [1.29, 1.82) is 0 Å². The van der Waals surface area contributed by atoms with Gasteiger partial charge >= 0.3 is 0 Å². The molecule has 2 saturated carbocycles. The maximum atomic E-state index is 12.5. The molecule has 0 amide bonds. The Hall–Kier alpha value is -1.15. The summed E-state index contributed by atoms with van der Waals surface area (Å²) in [6.07, 6.45) is 3.14. The van der Waals surface area contributed by atoms with Gasteiger partial charge in [-0.2, -0.15) is 0 Å². The van der Waals surface area contributed by atoms with Crippen LogP contribution < -0.4 is 5.32 Å². The number of rotatable bonds is 3. The Balaban J connectivity index is 1.79. The zero-order chi connectivity index (χ0) is 14.4. The van der Waals surface area contributed by atoms with Crippen LogP contribution in [-0.4, -0.2) is 11.8 Å². The average molecular weight is 271 g/mol. The molecule has 0 radical (unpaired) electrons. The largest absolute Gasteiger partial charge is 0.303 e. The molecule has 2 nitrogen and oxygen atoms in total. The number of ketones is 1. The highest BCUT2D eigenvalue weighted by Crippen LogP contribution is 2.61. The Morgan fingerprint density at radius 1 is 1.20 bits per heavy atom. The standard InChI is InChI=1S/C18H25NO/c1-17(2)14-9-10-18(17,3)16(15(20)11-14)19-12-13-7-5-4-6-8-13/h4-8,14,16,19H,9-12H2,1-3H3/t14-,16+,18+/m1/s1. The highest BCUT2D eigenvalue weighted by atomic mass is 16.1. The van der Waals surface area contributed by atoms with E-state index in [1.807, 2.05) is 6.07 Å². The Kier molecular flexibility index (Phi) is 3.24. The molecule has 20 heavy (non-hydrogen) atoms. The SMILES string of the molecule is CC1(C)[C@@H]2CC[C@@]1(C)[C@@H](NCc1ccccc1)C(=O)C2. The Labute approximate surface area is 122 Å². The summed E-state index contributed by atoms with van der Waals surface area (Å²) in [5.74, 6) is 1.00. The maximum Gasteiger partial charge on any atom is 0.150 e. The molecule has 2 fully saturated rings. The quantitative estimate of drug-likeness (QED) is 0.910. The van der Waals surface area contributed by atoms with Gasteiger partial charge in [0.1, 0.15) is 0 Å². The highest BCUT2D eigenvalue weighted by molar-refractivity contribution is 5.87. The third-order valence-electron chi connectivity index (χ3n) is 6.26. The number of fused-ring (bicyclic) bond motifs is 2. The number of hydrogen-bond acceptors (Lipinski definition) is 2. The number of carbonyl (C=O) groups excluding carboxylic acids is 1. The van der Waals surface area contributed by atoms with Gasteiger partial charge in [-0.15, -0.1) is 0 Å². The van der Waals surface area contributed by atoms with Gasteiger partial charge in [0.2, 0.25) is 0 Å². The second-order valence-electron chi connectivity index (χ2n) is 7.34. The Morgan fingerprint density at radius 3 is 2.60 bits per heavy atom. The van der Waals surface area contributed by atoms with E-state index >= 15 is 0 Å². The van der Waals surface area contributed by atoms with Crippen molar-refractivity contribution >= 4 is 5.78 Å². The first-order valence-corrected chi connectivity index (χ1v) is 7.75. The first kappa shape index (κ1) is 13.8. The van der Waals surface area contributed by atoms with E-state index in [0.717, 1.165) is 13.0 Å². The molecule has 1 aromatic carbocycles. The van der Waals surface area contributed by atoms with Crippen molar-refractivity contribution in [2.45, 2.75) is 52.6 Å². The number of hydrogen-bond donors (Lipinski definition) is 1. The molecule has 2 heteroatoms. The molecule has 108 valence electrons. The van der Waals surface area contributed by atoms with Crippen LogP contribution >= 0.6 is 0 Å². The topological polar surface area (TPSA) is 29.1 Å². The van der Waals surface area contributed by atoms with Gasteiger partial charge in [0, 0.05) is 13.0 Å². The van der Waals surface area contributed by atoms with Gasteiger partial charge in [-0.1, -0.05) is 51.1 Å². The summed E-state index contributed by atoms with van der Waals surface area (Å²) >= 11 is 0. The fourth-order valence-electron chi connectivity index (χ4n) is 4.37. The van der Waals surface area contributed by atoms with Crippen LogP contribution in [0.25, 0.3) is 0 Å². The summed E-state index contributed by atoms with van der Waals surface area (Å²) in [6, 6.07) is 10.4. The van der Waals surface area contributed by atoms with Crippen LogP contribution in [0.15, 0.2) is 30.3 Å². The summed E-state index contributed by atoms with van der Waals surface area (Å²) in [4.78, 5) is 12.5. The van der Waals surface area contributed by atoms with Crippen LogP contribution in [0.4, 0.5) is 0 Å². The predicted octanol–water partition coefficient (Wildman–Crippen LogP) is 3.56. The fraction of sp³-hybridized carbons (Fsp3) is 0.611. The molecular weight excluding hydrogens is 246 g/mol. The van der Waals surface area contributed by atoms with Crippen LogP contribution in [0.3, 0.4) is 0 Å². The van der Waals surface area contributed by atoms with Crippen molar-refractivity contribution in [1.82, 2.24) is 5.32 Å². The minimum absolute atomic E-state index is 0.0106. The molecule has 3 atom stereocenters. The number of benzene rings is 1. The second-order valence-corrected chi connectivity index (χ2v) is 7.34. The lowest BCUT2D eigenvalue weighted by Gasteiger charge is -2.50. The van der Waals surface area contributed by atoms with Gasteiger partial charge in [0.25, 0.3) is 0 Å². The fourth-order valence-corrected chi connectivity index (χ4v) is 4.37. The molecule has 2 aliphatic carbocycles. The first-order chi connectivity index (χ1) is 9.45. The minimum Gasteiger partial charge on any atom is -0.303 e. The van der Waals surface area contributed by atoms with Crippen molar-refractivity contribution in [2.75, 3.05) is 0 Å². The van der Waals surface area contributed by atoms with Crippen molar-refractivity contribution in [2.24, 2.45) is 16.7 Å². The molecule has 0 unspecified atom stereocenters. The molecule has 3 rings (SSSR count). The monoisotopic (exact) mass is 271 g/mol. The second kappa shape index (κ2) is 4.70. The van der Waals surface area contributed by atoms with Gasteiger partial charge in [-0.3, -0.25) is 4.79 Å². The van der Waals surface area contributed by atoms with Crippen LogP contribution in [0, 0.1) is 16.7 Å². The molecule has 0 heterocycles. The summed E-state index contributed by atoms with van der Waals surface area (Å²) in [7, 11) is 0. The van der Waals surface area contributed by atoms with Crippen molar-refractivity contribution in [3.8, 4) is 0 Å². The van der Waals surface area contributed by atoms with E-state index in [2.05, 4.69) is 50.4 Å². The van der Waals surface area contributed by atoms with Gasteiger partial charge in [-0.25, -0.2) is 0 Å². The molecule has 0 aromatic heterocycles. The molecule has 0 saturated heterocycles. The van der Waals surface area contributed by atoms with Gasteiger partial charge in [0.15, 0.2) is 5.78 Å². The molecular formula is C18H25NO. The van der Waals surface area contributed by atoms with E-state index in [1.165, 1.54) is 18.4 Å². The van der Waals surface area contributed by atoms with Crippen molar-refractivity contribution < 1.29 is 4.79 Å². The van der Waals surface area contributed by atoms with E-state index in [1.54, 1.807) is 0 Å². The third-order valence-corrected chi connectivity index (χ3v) is 6.26. The minimum atomic E-state index is 0.0106. The van der Waals surface area contributed by atoms with Gasteiger partial charge < -0.3 is 5.32 Å². The normalized spacial score (nSPS) is 35.2. The lowest BCUT2D eigenvalue weighted by atomic mass is 9.56.